The summed E-state index contributed by atoms with van der Waals surface area (Å²) in [6.07, 6.45) is 0.714. The zero-order valence-electron chi connectivity index (χ0n) is 15.7. The first-order valence-electron chi connectivity index (χ1n) is 8.74. The number of anilines is 1. The predicted octanol–water partition coefficient (Wildman–Crippen LogP) is 3.50. The molecular formula is C19H20ClN5O3. The molecule has 2 atom stereocenters. The molecule has 0 saturated heterocycles. The minimum atomic E-state index is -0.151. The Labute approximate surface area is 167 Å². The van der Waals surface area contributed by atoms with Crippen LogP contribution in [0.25, 0.3) is 0 Å². The smallest absolute Gasteiger partial charge is 0.243 e. The molecule has 146 valence electrons. The maximum Gasteiger partial charge on any atom is 0.243 e. The zero-order valence-corrected chi connectivity index (χ0v) is 16.5. The highest BCUT2D eigenvalue weighted by molar-refractivity contribution is 6.30. The monoisotopic (exact) mass is 401 g/mol. The van der Waals surface area contributed by atoms with Crippen LogP contribution in [0.3, 0.4) is 0 Å². The van der Waals surface area contributed by atoms with E-state index in [-0.39, 0.29) is 12.1 Å². The van der Waals surface area contributed by atoms with Crippen LogP contribution in [0.4, 0.5) is 5.95 Å². The van der Waals surface area contributed by atoms with E-state index in [0.717, 1.165) is 11.1 Å². The molecule has 0 spiro atoms. The van der Waals surface area contributed by atoms with Gasteiger partial charge in [-0.3, -0.25) is 0 Å². The Morgan fingerprint density at radius 2 is 1.68 bits per heavy atom. The van der Waals surface area contributed by atoms with Gasteiger partial charge in [-0.15, -0.1) is 0 Å². The summed E-state index contributed by atoms with van der Waals surface area (Å²) < 4.78 is 18.3. The number of fused-ring (bicyclic) bond motifs is 1. The number of methoxy groups -OCH3 is 3. The van der Waals surface area contributed by atoms with Crippen molar-refractivity contribution in [1.29, 1.82) is 0 Å². The molecular weight excluding hydrogens is 382 g/mol. The molecule has 0 fully saturated rings. The van der Waals surface area contributed by atoms with Gasteiger partial charge in [-0.1, -0.05) is 28.8 Å². The van der Waals surface area contributed by atoms with E-state index < -0.39 is 0 Å². The molecule has 8 nitrogen and oxygen atoms in total. The van der Waals surface area contributed by atoms with Crippen molar-refractivity contribution in [3.8, 4) is 17.2 Å². The van der Waals surface area contributed by atoms with Crippen LogP contribution in [0.5, 0.6) is 17.2 Å². The van der Waals surface area contributed by atoms with Crippen molar-refractivity contribution in [3.05, 3.63) is 52.5 Å². The number of hydrogen-bond donors (Lipinski definition) is 1. The Balaban J connectivity index is 1.79. The average Bonchev–Trinajstić information content (AvgIpc) is 3.21. The van der Waals surface area contributed by atoms with E-state index in [1.165, 1.54) is 0 Å². The number of nitrogens with zero attached hydrogens (tertiary/aromatic N) is 4. The quantitative estimate of drug-likeness (QED) is 0.700. The van der Waals surface area contributed by atoms with Gasteiger partial charge in [0.2, 0.25) is 5.95 Å². The molecule has 2 unspecified atom stereocenters. The van der Waals surface area contributed by atoms with E-state index in [2.05, 4.69) is 20.8 Å². The van der Waals surface area contributed by atoms with Crippen molar-refractivity contribution in [1.82, 2.24) is 20.2 Å². The molecule has 2 aromatic carbocycles. The largest absolute Gasteiger partial charge is 0.496 e. The number of nitrogens with one attached hydrogen (secondary N) is 1. The lowest BCUT2D eigenvalue weighted by molar-refractivity contribution is 0.340. The van der Waals surface area contributed by atoms with Gasteiger partial charge in [0.25, 0.3) is 0 Å². The van der Waals surface area contributed by atoms with Crippen molar-refractivity contribution < 1.29 is 14.2 Å². The van der Waals surface area contributed by atoms with Crippen LogP contribution < -0.4 is 19.5 Å². The average molecular weight is 402 g/mol. The molecule has 4 rings (SSSR count). The van der Waals surface area contributed by atoms with Crippen LogP contribution >= 0.6 is 11.6 Å². The van der Waals surface area contributed by atoms with E-state index in [1.807, 2.05) is 36.4 Å². The number of benzene rings is 2. The number of rotatable bonds is 5. The van der Waals surface area contributed by atoms with Crippen molar-refractivity contribution in [3.63, 3.8) is 0 Å². The van der Waals surface area contributed by atoms with Crippen molar-refractivity contribution in [2.75, 3.05) is 26.6 Å². The van der Waals surface area contributed by atoms with E-state index in [1.54, 1.807) is 26.0 Å². The Morgan fingerprint density at radius 3 is 2.36 bits per heavy atom. The fraction of sp³-hybridized carbons (Fsp3) is 0.316. The number of tetrazole rings is 1. The van der Waals surface area contributed by atoms with Crippen LogP contribution in [0.15, 0.2) is 36.4 Å². The molecule has 0 aliphatic carbocycles. The van der Waals surface area contributed by atoms with Gasteiger partial charge in [0.15, 0.2) is 11.5 Å². The lowest BCUT2D eigenvalue weighted by Crippen LogP contribution is -2.28. The highest BCUT2D eigenvalue weighted by Crippen LogP contribution is 2.44. The van der Waals surface area contributed by atoms with Crippen LogP contribution in [0, 0.1) is 0 Å². The highest BCUT2D eigenvalue weighted by Gasteiger charge is 2.33. The molecule has 0 saturated carbocycles. The molecule has 0 amide bonds. The lowest BCUT2D eigenvalue weighted by atomic mass is 9.92. The third-order valence-corrected chi connectivity index (χ3v) is 5.17. The second-order valence-corrected chi connectivity index (χ2v) is 6.83. The van der Waals surface area contributed by atoms with Crippen molar-refractivity contribution in [2.24, 2.45) is 0 Å². The summed E-state index contributed by atoms with van der Waals surface area (Å²) in [5.74, 6) is 2.49. The molecule has 1 aliphatic heterocycles. The molecule has 2 heterocycles. The predicted molar refractivity (Wildman–Crippen MR) is 104 cm³/mol. The second kappa shape index (κ2) is 7.55. The van der Waals surface area contributed by atoms with Crippen LogP contribution in [-0.2, 0) is 0 Å². The maximum atomic E-state index is 6.04. The maximum absolute atomic E-state index is 6.04. The molecule has 1 N–H and O–H groups in total. The summed E-state index contributed by atoms with van der Waals surface area (Å²) in [6, 6.07) is 11.4. The third-order valence-electron chi connectivity index (χ3n) is 4.92. The molecule has 28 heavy (non-hydrogen) atoms. The number of hydrogen-bond acceptors (Lipinski definition) is 7. The summed E-state index contributed by atoms with van der Waals surface area (Å²) in [5.41, 5.74) is 2.01. The highest BCUT2D eigenvalue weighted by atomic mass is 35.5. The summed E-state index contributed by atoms with van der Waals surface area (Å²) in [7, 11) is 4.83. The van der Waals surface area contributed by atoms with E-state index in [0.29, 0.717) is 34.6 Å². The van der Waals surface area contributed by atoms with Crippen LogP contribution in [0.1, 0.15) is 29.6 Å². The molecule has 0 bridgehead atoms. The Morgan fingerprint density at radius 1 is 1.00 bits per heavy atom. The number of halogens is 1. The Kier molecular flexibility index (Phi) is 4.95. The summed E-state index contributed by atoms with van der Waals surface area (Å²) in [5, 5.41) is 16.2. The van der Waals surface area contributed by atoms with Gasteiger partial charge in [0.1, 0.15) is 5.75 Å². The van der Waals surface area contributed by atoms with Crippen LogP contribution in [-0.4, -0.2) is 41.5 Å². The molecule has 1 aromatic heterocycles. The van der Waals surface area contributed by atoms with E-state index in [9.17, 15) is 0 Å². The van der Waals surface area contributed by atoms with Gasteiger partial charge in [0, 0.05) is 16.7 Å². The van der Waals surface area contributed by atoms with E-state index in [4.69, 9.17) is 25.8 Å². The minimum Gasteiger partial charge on any atom is -0.496 e. The summed E-state index contributed by atoms with van der Waals surface area (Å²) >= 11 is 6.04. The van der Waals surface area contributed by atoms with Crippen molar-refractivity contribution in [2.45, 2.75) is 18.5 Å². The van der Waals surface area contributed by atoms with Gasteiger partial charge >= 0.3 is 0 Å². The van der Waals surface area contributed by atoms with E-state index >= 15 is 0 Å². The first-order chi connectivity index (χ1) is 13.6. The summed E-state index contributed by atoms with van der Waals surface area (Å²) in [6.45, 7) is 0. The zero-order chi connectivity index (χ0) is 19.7. The fourth-order valence-electron chi connectivity index (χ4n) is 3.52. The topological polar surface area (TPSA) is 83.3 Å². The van der Waals surface area contributed by atoms with Crippen molar-refractivity contribution >= 4 is 17.5 Å². The van der Waals surface area contributed by atoms with Crippen LogP contribution in [0.2, 0.25) is 5.02 Å². The summed E-state index contributed by atoms with van der Waals surface area (Å²) in [4.78, 5) is 0. The molecule has 9 heteroatoms. The van der Waals surface area contributed by atoms with Gasteiger partial charge in [-0.2, -0.15) is 0 Å². The number of aromatic nitrogens is 4. The fourth-order valence-corrected chi connectivity index (χ4v) is 3.65. The molecule has 1 aliphatic rings. The first kappa shape index (κ1) is 18.4. The lowest BCUT2D eigenvalue weighted by Gasteiger charge is -2.32. The van der Waals surface area contributed by atoms with Gasteiger partial charge in [0.05, 0.1) is 33.4 Å². The van der Waals surface area contributed by atoms with Gasteiger partial charge in [-0.25, -0.2) is 4.68 Å². The minimum absolute atomic E-state index is 0.0126. The first-order valence-corrected chi connectivity index (χ1v) is 9.12. The SMILES string of the molecule is COc1cc(OC)c(C2CC(c3ccc(Cl)cc3)Nc3nnnn32)cc1OC. The number of ether oxygens (including phenoxy) is 3. The van der Waals surface area contributed by atoms with Gasteiger partial charge in [-0.05, 0) is 40.6 Å². The standard InChI is InChI=1S/C19H20ClN5O3/c1-26-16-10-18(28-3)17(27-2)8-13(16)15-9-14(11-4-6-12(20)7-5-11)21-19-22-23-24-25(15)19/h4-8,10,14-15H,9H2,1-3H3,(H,21,22,24). The Bertz CT molecular complexity index is 976. The second-order valence-electron chi connectivity index (χ2n) is 6.40. The normalized spacial score (nSPS) is 18.1. The molecule has 3 aromatic rings. The third kappa shape index (κ3) is 3.20. The Hall–Kier alpha value is -3.00. The van der Waals surface area contributed by atoms with Gasteiger partial charge < -0.3 is 19.5 Å². The molecule has 0 radical (unpaired) electrons.